The van der Waals surface area contributed by atoms with E-state index >= 15 is 0 Å². The fourth-order valence-electron chi connectivity index (χ4n) is 6.56. The largest absolute Gasteiger partial charge is 0.344 e. The van der Waals surface area contributed by atoms with Gasteiger partial charge in [-0.25, -0.2) is 4.39 Å². The van der Waals surface area contributed by atoms with Gasteiger partial charge in [0.2, 0.25) is 17.7 Å². The average molecular weight is 628 g/mol. The third kappa shape index (κ3) is 9.25. The van der Waals surface area contributed by atoms with Gasteiger partial charge in [-0.15, -0.1) is 0 Å². The molecule has 3 amide bonds. The summed E-state index contributed by atoms with van der Waals surface area (Å²) < 4.78 is 14.3. The highest BCUT2D eigenvalue weighted by atomic mass is 35.5. The number of likely N-dealkylation sites (tertiary alicyclic amines) is 2. The van der Waals surface area contributed by atoms with Crippen LogP contribution in [0.2, 0.25) is 5.02 Å². The summed E-state index contributed by atoms with van der Waals surface area (Å²) in [7, 11) is 0. The van der Waals surface area contributed by atoms with Crippen LogP contribution in [0.1, 0.15) is 70.0 Å². The number of carbonyl (C=O) groups excluding carboxylic acids is 3. The number of nitrogens with one attached hydrogen (secondary N) is 1. The lowest BCUT2D eigenvalue weighted by Crippen LogP contribution is -2.56. The van der Waals surface area contributed by atoms with Crippen LogP contribution in [0.3, 0.4) is 0 Å². The molecular weight excluding hydrogens is 581 g/mol. The van der Waals surface area contributed by atoms with E-state index in [2.05, 4.69) is 24.1 Å². The summed E-state index contributed by atoms with van der Waals surface area (Å²) in [4.78, 5) is 45.3. The van der Waals surface area contributed by atoms with Gasteiger partial charge in [0.25, 0.3) is 0 Å². The van der Waals surface area contributed by atoms with Crippen molar-refractivity contribution in [2.24, 2.45) is 11.7 Å². The van der Waals surface area contributed by atoms with Crippen molar-refractivity contribution >= 4 is 29.3 Å². The molecule has 0 unspecified atom stereocenters. The number of halogens is 2. The zero-order valence-corrected chi connectivity index (χ0v) is 26.9. The van der Waals surface area contributed by atoms with Crippen molar-refractivity contribution in [3.63, 3.8) is 0 Å². The number of amides is 3. The Balaban J connectivity index is 1.41. The van der Waals surface area contributed by atoms with Crippen LogP contribution in [0.25, 0.3) is 0 Å². The maximum atomic E-state index is 14.3. The Morgan fingerprint density at radius 2 is 1.52 bits per heavy atom. The molecule has 44 heavy (non-hydrogen) atoms. The van der Waals surface area contributed by atoms with Gasteiger partial charge >= 0.3 is 0 Å². The molecule has 0 aromatic heterocycles. The minimum absolute atomic E-state index is 0.128. The normalized spacial score (nSPS) is 18.0. The third-order valence-corrected chi connectivity index (χ3v) is 9.15. The maximum absolute atomic E-state index is 14.3. The fraction of sp³-hybridized carbons (Fsp3) is 0.559. The first kappa shape index (κ1) is 33.9. The Hall–Kier alpha value is -3.01. The number of benzene rings is 2. The van der Waals surface area contributed by atoms with Crippen LogP contribution in [0.5, 0.6) is 0 Å². The zero-order chi connectivity index (χ0) is 31.8. The lowest BCUT2D eigenvalue weighted by molar-refractivity contribution is -0.138. The van der Waals surface area contributed by atoms with Crippen LogP contribution in [0, 0.1) is 11.7 Å². The molecule has 0 saturated carbocycles. The van der Waals surface area contributed by atoms with Crippen molar-refractivity contribution in [3.8, 4) is 0 Å². The lowest BCUT2D eigenvalue weighted by atomic mass is 9.94. The number of nitrogens with two attached hydrogens (primary N) is 1. The second-order valence-electron chi connectivity index (χ2n) is 12.7. The molecule has 2 aliphatic heterocycles. The molecule has 2 aromatic carbocycles. The molecule has 8 nitrogen and oxygen atoms in total. The van der Waals surface area contributed by atoms with Crippen molar-refractivity contribution in [3.05, 3.63) is 70.5 Å². The number of rotatable bonds is 11. The zero-order valence-electron chi connectivity index (χ0n) is 26.2. The monoisotopic (exact) mass is 627 g/mol. The predicted octanol–water partition coefficient (Wildman–Crippen LogP) is 4.56. The highest BCUT2D eigenvalue weighted by molar-refractivity contribution is 6.30. The smallest absolute Gasteiger partial charge is 0.245 e. The summed E-state index contributed by atoms with van der Waals surface area (Å²) in [5.74, 6) is -0.338. The van der Waals surface area contributed by atoms with Crippen LogP contribution < -0.4 is 11.1 Å². The van der Waals surface area contributed by atoms with Crippen LogP contribution in [-0.2, 0) is 20.8 Å². The molecule has 10 heteroatoms. The molecule has 240 valence electrons. The van der Waals surface area contributed by atoms with Gasteiger partial charge < -0.3 is 20.9 Å². The van der Waals surface area contributed by atoms with Crippen LogP contribution >= 0.6 is 11.6 Å². The molecule has 0 aliphatic carbocycles. The van der Waals surface area contributed by atoms with Gasteiger partial charge in [-0.05, 0) is 55.4 Å². The number of hydrogen-bond donors (Lipinski definition) is 2. The quantitative estimate of drug-likeness (QED) is 0.381. The van der Waals surface area contributed by atoms with Crippen LogP contribution in [-0.4, -0.2) is 83.3 Å². The molecule has 2 aliphatic rings. The van der Waals surface area contributed by atoms with Gasteiger partial charge in [0, 0.05) is 81.2 Å². The van der Waals surface area contributed by atoms with E-state index in [0.717, 1.165) is 50.9 Å². The van der Waals surface area contributed by atoms with E-state index in [4.69, 9.17) is 17.3 Å². The summed E-state index contributed by atoms with van der Waals surface area (Å²) >= 11 is 6.08. The van der Waals surface area contributed by atoms with Gasteiger partial charge in [-0.3, -0.25) is 19.3 Å². The molecule has 3 N–H and O–H groups in total. The van der Waals surface area contributed by atoms with E-state index in [-0.39, 0.29) is 23.8 Å². The van der Waals surface area contributed by atoms with Crippen LogP contribution in [0.4, 0.5) is 4.39 Å². The Morgan fingerprint density at radius 1 is 0.955 bits per heavy atom. The molecule has 0 radical (unpaired) electrons. The van der Waals surface area contributed by atoms with E-state index in [1.165, 1.54) is 6.07 Å². The van der Waals surface area contributed by atoms with Crippen molar-refractivity contribution < 1.29 is 18.8 Å². The number of nitrogens with zero attached hydrogens (tertiary/aromatic N) is 3. The molecule has 0 spiro atoms. The highest BCUT2D eigenvalue weighted by Gasteiger charge is 2.35. The first-order chi connectivity index (χ1) is 21.0. The van der Waals surface area contributed by atoms with Crippen molar-refractivity contribution in [2.75, 3.05) is 32.7 Å². The summed E-state index contributed by atoms with van der Waals surface area (Å²) in [6, 6.07) is 12.6. The standard InChI is InChI=1S/C34H47ClFN5O3/c1-23(2)22-41(27-12-16-39(17-13-27)24(3)42)28-14-18-40(19-15-28)34(44)32(20-25-8-10-26(35)11-9-25)38-33(43)21-31(37)29-6-4-5-7-30(29)36/h4-11,23,27-28,31-32H,12-22,37H2,1-3H3,(H,38,43)/t31-,32-/m1/s1. The molecule has 4 rings (SSSR count). The van der Waals surface area contributed by atoms with E-state index < -0.39 is 23.8 Å². The Bertz CT molecular complexity index is 1260. The summed E-state index contributed by atoms with van der Waals surface area (Å²) in [6.07, 6.45) is 3.81. The Labute approximate surface area is 266 Å². The number of carbonyl (C=O) groups is 3. The highest BCUT2D eigenvalue weighted by Crippen LogP contribution is 2.27. The van der Waals surface area contributed by atoms with Gasteiger partial charge in [0.05, 0.1) is 0 Å². The average Bonchev–Trinajstić information content (AvgIpc) is 3.00. The summed E-state index contributed by atoms with van der Waals surface area (Å²) in [5, 5.41) is 3.51. The Kier molecular flexibility index (Phi) is 12.2. The molecule has 0 bridgehead atoms. The number of hydrogen-bond acceptors (Lipinski definition) is 5. The Morgan fingerprint density at radius 3 is 2.07 bits per heavy atom. The lowest BCUT2D eigenvalue weighted by Gasteiger charge is -2.46. The minimum atomic E-state index is -0.826. The van der Waals surface area contributed by atoms with Crippen molar-refractivity contribution in [1.82, 2.24) is 20.0 Å². The third-order valence-electron chi connectivity index (χ3n) is 8.90. The minimum Gasteiger partial charge on any atom is -0.344 e. The van der Waals surface area contributed by atoms with Crippen molar-refractivity contribution in [2.45, 2.75) is 83.5 Å². The van der Waals surface area contributed by atoms with Gasteiger partial charge in [-0.1, -0.05) is 55.8 Å². The fourth-order valence-corrected chi connectivity index (χ4v) is 6.69. The molecular formula is C34H47ClFN5O3. The van der Waals surface area contributed by atoms with Gasteiger partial charge in [0.1, 0.15) is 11.9 Å². The molecule has 2 fully saturated rings. The summed E-state index contributed by atoms with van der Waals surface area (Å²) in [5.41, 5.74) is 7.33. The maximum Gasteiger partial charge on any atom is 0.245 e. The molecule has 2 saturated heterocycles. The van der Waals surface area contributed by atoms with E-state index in [0.29, 0.717) is 42.5 Å². The molecule has 2 aromatic rings. The molecule has 2 atom stereocenters. The van der Waals surface area contributed by atoms with Crippen LogP contribution in [0.15, 0.2) is 48.5 Å². The first-order valence-electron chi connectivity index (χ1n) is 15.9. The predicted molar refractivity (Wildman–Crippen MR) is 171 cm³/mol. The first-order valence-corrected chi connectivity index (χ1v) is 16.2. The second kappa shape index (κ2) is 15.8. The molecule has 2 heterocycles. The van der Waals surface area contributed by atoms with Gasteiger partial charge in [-0.2, -0.15) is 0 Å². The SMILES string of the molecule is CC(=O)N1CCC(N(CC(C)C)C2CCN(C(=O)[C@@H](Cc3ccc(Cl)cc3)NC(=O)C[C@@H](N)c3ccccc3F)CC2)CC1. The van der Waals surface area contributed by atoms with E-state index in [9.17, 15) is 18.8 Å². The summed E-state index contributed by atoms with van der Waals surface area (Å²) in [6.45, 7) is 9.88. The van der Waals surface area contributed by atoms with Crippen molar-refractivity contribution in [1.29, 1.82) is 0 Å². The topological polar surface area (TPSA) is 99.0 Å². The second-order valence-corrected chi connectivity index (χ2v) is 13.1. The van der Waals surface area contributed by atoms with E-state index in [1.807, 2.05) is 21.9 Å². The van der Waals surface area contributed by atoms with Gasteiger partial charge in [0.15, 0.2) is 0 Å². The number of piperidine rings is 2. The van der Waals surface area contributed by atoms with E-state index in [1.54, 1.807) is 37.3 Å².